The molecule has 102 valence electrons. The third-order valence-electron chi connectivity index (χ3n) is 3.12. The summed E-state index contributed by atoms with van der Waals surface area (Å²) in [7, 11) is -3.55. The summed E-state index contributed by atoms with van der Waals surface area (Å²) in [6, 6.07) is 6.12. The fourth-order valence-electron chi connectivity index (χ4n) is 2.04. The first-order chi connectivity index (χ1) is 9.03. The molecule has 4 nitrogen and oxygen atoms in total. The second-order valence-electron chi connectivity index (χ2n) is 4.57. The van der Waals surface area contributed by atoms with Gasteiger partial charge < -0.3 is 0 Å². The molecule has 0 bridgehead atoms. The van der Waals surface area contributed by atoms with Gasteiger partial charge in [0.1, 0.15) is 0 Å². The van der Waals surface area contributed by atoms with Gasteiger partial charge in [0.2, 0.25) is 10.0 Å². The summed E-state index contributed by atoms with van der Waals surface area (Å²) in [5.41, 5.74) is 0.440. The highest BCUT2D eigenvalue weighted by atomic mass is 32.2. The molecule has 0 saturated carbocycles. The number of sulfonamides is 1. The summed E-state index contributed by atoms with van der Waals surface area (Å²) >= 11 is 0. The van der Waals surface area contributed by atoms with Crippen molar-refractivity contribution in [2.75, 3.05) is 0 Å². The number of hydrogen-bond donors (Lipinski definition) is 1. The van der Waals surface area contributed by atoms with Crippen LogP contribution in [0, 0.1) is 0 Å². The largest absolute Gasteiger partial charge is 0.294 e. The Morgan fingerprint density at radius 1 is 1.32 bits per heavy atom. The molecular weight excluding hydrogens is 262 g/mol. The molecule has 0 unspecified atom stereocenters. The van der Waals surface area contributed by atoms with E-state index in [2.05, 4.69) is 4.72 Å². The number of rotatable bonds is 5. The highest BCUT2D eigenvalue weighted by molar-refractivity contribution is 7.89. The Labute approximate surface area is 113 Å². The van der Waals surface area contributed by atoms with Crippen molar-refractivity contribution in [3.8, 4) is 0 Å². The molecule has 1 aliphatic rings. The van der Waals surface area contributed by atoms with Crippen LogP contribution in [0.25, 0.3) is 0 Å². The van der Waals surface area contributed by atoms with E-state index >= 15 is 0 Å². The van der Waals surface area contributed by atoms with Crippen LogP contribution in [0.1, 0.15) is 36.5 Å². The van der Waals surface area contributed by atoms with E-state index in [9.17, 15) is 13.2 Å². The number of hydrogen-bond acceptors (Lipinski definition) is 3. The van der Waals surface area contributed by atoms with Gasteiger partial charge >= 0.3 is 0 Å². The van der Waals surface area contributed by atoms with Crippen LogP contribution in [0.15, 0.2) is 41.3 Å². The van der Waals surface area contributed by atoms with Gasteiger partial charge in [-0.15, -0.1) is 0 Å². The first kappa shape index (κ1) is 14.0. The number of carbonyl (C=O) groups excluding carboxylic acids is 1. The predicted molar refractivity (Wildman–Crippen MR) is 73.5 cm³/mol. The van der Waals surface area contributed by atoms with Crippen LogP contribution in [0.4, 0.5) is 0 Å². The molecule has 0 atom stereocenters. The molecule has 0 aliphatic heterocycles. The van der Waals surface area contributed by atoms with E-state index in [1.165, 1.54) is 12.1 Å². The zero-order valence-corrected chi connectivity index (χ0v) is 11.6. The smallest absolute Gasteiger partial charge is 0.240 e. The number of Topliss-reactive ketones (excluding diaryl/α,β-unsaturated/α-hetero) is 1. The van der Waals surface area contributed by atoms with Gasteiger partial charge in [-0.2, -0.15) is 0 Å². The standard InChI is InChI=1S/C14H17NO3S/c1-2-14(16)11-6-5-9-13(10-11)19(17,18)15-12-7-3-4-8-12/h3-6,9-10,12,15H,2,7-8H2,1H3. The van der Waals surface area contributed by atoms with E-state index < -0.39 is 10.0 Å². The van der Waals surface area contributed by atoms with Gasteiger partial charge in [0.25, 0.3) is 0 Å². The summed E-state index contributed by atoms with van der Waals surface area (Å²) < 4.78 is 27.1. The van der Waals surface area contributed by atoms with Crippen LogP contribution in [0.2, 0.25) is 0 Å². The summed E-state index contributed by atoms with van der Waals surface area (Å²) in [4.78, 5) is 11.8. The maximum absolute atomic E-state index is 12.2. The van der Waals surface area contributed by atoms with Crippen molar-refractivity contribution in [2.45, 2.75) is 37.1 Å². The number of carbonyl (C=O) groups is 1. The molecule has 2 rings (SSSR count). The molecule has 0 heterocycles. The van der Waals surface area contributed by atoms with Crippen LogP contribution in [0.5, 0.6) is 0 Å². The van der Waals surface area contributed by atoms with Crippen LogP contribution in [0.3, 0.4) is 0 Å². The van der Waals surface area contributed by atoms with Crippen molar-refractivity contribution in [3.63, 3.8) is 0 Å². The minimum Gasteiger partial charge on any atom is -0.294 e. The molecule has 0 spiro atoms. The Bertz CT molecular complexity index is 597. The molecule has 0 aromatic heterocycles. The van der Waals surface area contributed by atoms with Crippen LogP contribution in [-0.4, -0.2) is 20.2 Å². The molecule has 0 fully saturated rings. The molecule has 1 aliphatic carbocycles. The quantitative estimate of drug-likeness (QED) is 0.664. The van der Waals surface area contributed by atoms with Crippen LogP contribution >= 0.6 is 0 Å². The van der Waals surface area contributed by atoms with Gasteiger partial charge in [-0.05, 0) is 25.0 Å². The van der Waals surface area contributed by atoms with Crippen molar-refractivity contribution in [1.29, 1.82) is 0 Å². The van der Waals surface area contributed by atoms with Gasteiger partial charge in [0.05, 0.1) is 4.90 Å². The molecule has 19 heavy (non-hydrogen) atoms. The lowest BCUT2D eigenvalue weighted by Gasteiger charge is -2.13. The molecule has 0 amide bonds. The SMILES string of the molecule is CCC(=O)c1cccc(S(=O)(=O)NC2CC=CC2)c1. The first-order valence-electron chi connectivity index (χ1n) is 6.33. The second-order valence-corrected chi connectivity index (χ2v) is 6.28. The van der Waals surface area contributed by atoms with Gasteiger partial charge in [-0.1, -0.05) is 31.2 Å². The molecule has 1 N–H and O–H groups in total. The summed E-state index contributed by atoms with van der Waals surface area (Å²) in [5, 5.41) is 0. The zero-order chi connectivity index (χ0) is 13.9. The average Bonchev–Trinajstić information content (AvgIpc) is 2.90. The predicted octanol–water partition coefficient (Wildman–Crippen LogP) is 2.28. The maximum atomic E-state index is 12.2. The fourth-order valence-corrected chi connectivity index (χ4v) is 3.35. The lowest BCUT2D eigenvalue weighted by Crippen LogP contribution is -2.32. The average molecular weight is 279 g/mol. The van der Waals surface area contributed by atoms with Crippen molar-refractivity contribution in [3.05, 3.63) is 42.0 Å². The molecule has 0 saturated heterocycles. The van der Waals surface area contributed by atoms with E-state index in [0.717, 1.165) is 0 Å². The van der Waals surface area contributed by atoms with E-state index in [1.54, 1.807) is 19.1 Å². The summed E-state index contributed by atoms with van der Waals surface area (Å²) in [6.45, 7) is 1.76. The Kier molecular flexibility index (Phi) is 4.17. The molecule has 1 aromatic carbocycles. The molecule has 1 aromatic rings. The van der Waals surface area contributed by atoms with Crippen LogP contribution in [-0.2, 0) is 10.0 Å². The Morgan fingerprint density at radius 2 is 2.00 bits per heavy atom. The van der Waals surface area contributed by atoms with Crippen molar-refractivity contribution in [2.24, 2.45) is 0 Å². The molecule has 5 heteroatoms. The number of nitrogens with one attached hydrogen (secondary N) is 1. The van der Waals surface area contributed by atoms with Gasteiger partial charge in [-0.25, -0.2) is 13.1 Å². The topological polar surface area (TPSA) is 63.2 Å². The highest BCUT2D eigenvalue weighted by Gasteiger charge is 2.21. The normalized spacial score (nSPS) is 15.8. The van der Waals surface area contributed by atoms with E-state index in [4.69, 9.17) is 0 Å². The second kappa shape index (κ2) is 5.67. The minimum atomic E-state index is -3.55. The number of ketones is 1. The van der Waals surface area contributed by atoms with Gasteiger partial charge in [0.15, 0.2) is 5.78 Å². The minimum absolute atomic E-state index is 0.0559. The fraction of sp³-hybridized carbons (Fsp3) is 0.357. The van der Waals surface area contributed by atoms with Gasteiger partial charge in [0, 0.05) is 18.0 Å². The van der Waals surface area contributed by atoms with Crippen molar-refractivity contribution >= 4 is 15.8 Å². The monoisotopic (exact) mass is 279 g/mol. The molecular formula is C14H17NO3S. The Hall–Kier alpha value is -1.46. The lowest BCUT2D eigenvalue weighted by molar-refractivity contribution is 0.0988. The van der Waals surface area contributed by atoms with E-state index in [-0.39, 0.29) is 16.7 Å². The first-order valence-corrected chi connectivity index (χ1v) is 7.82. The molecule has 0 radical (unpaired) electrons. The van der Waals surface area contributed by atoms with Crippen molar-refractivity contribution in [1.82, 2.24) is 4.72 Å². The van der Waals surface area contributed by atoms with E-state index in [1.807, 2.05) is 12.2 Å². The Balaban J connectivity index is 2.22. The lowest BCUT2D eigenvalue weighted by atomic mass is 10.1. The van der Waals surface area contributed by atoms with Crippen LogP contribution < -0.4 is 4.72 Å². The van der Waals surface area contributed by atoms with Crippen molar-refractivity contribution < 1.29 is 13.2 Å². The maximum Gasteiger partial charge on any atom is 0.240 e. The third-order valence-corrected chi connectivity index (χ3v) is 4.64. The van der Waals surface area contributed by atoms with E-state index in [0.29, 0.717) is 24.8 Å². The Morgan fingerprint density at radius 3 is 2.63 bits per heavy atom. The highest BCUT2D eigenvalue weighted by Crippen LogP contribution is 2.16. The van der Waals surface area contributed by atoms with Gasteiger partial charge in [-0.3, -0.25) is 4.79 Å². The number of benzene rings is 1. The zero-order valence-electron chi connectivity index (χ0n) is 10.8. The summed E-state index contributed by atoms with van der Waals surface area (Å²) in [6.07, 6.45) is 5.72. The third kappa shape index (κ3) is 3.30. The summed E-state index contributed by atoms with van der Waals surface area (Å²) in [5.74, 6) is -0.0559.